The molecule has 2 saturated heterocycles. The largest absolute Gasteiger partial charge is 0.480 e. The average molecular weight is 626 g/mol. The second kappa shape index (κ2) is 11.8. The van der Waals surface area contributed by atoms with Gasteiger partial charge in [0.25, 0.3) is 0 Å². The van der Waals surface area contributed by atoms with Crippen LogP contribution in [0, 0.1) is 17.0 Å². The molecule has 0 bridgehead atoms. The Bertz CT molecular complexity index is 1520. The number of hydrogen-bond acceptors (Lipinski definition) is 7. The van der Waals surface area contributed by atoms with Crippen molar-refractivity contribution in [1.82, 2.24) is 15.3 Å². The zero-order valence-corrected chi connectivity index (χ0v) is 23.7. The highest BCUT2D eigenvalue weighted by atomic mass is 35.5. The van der Waals surface area contributed by atoms with Crippen LogP contribution in [-0.2, 0) is 4.79 Å². The van der Waals surface area contributed by atoms with Crippen molar-refractivity contribution < 1.29 is 36.6 Å². The molecule has 1 aromatic heterocycles. The lowest BCUT2D eigenvalue weighted by Gasteiger charge is -2.43. The maximum absolute atomic E-state index is 14.5. The van der Waals surface area contributed by atoms with E-state index in [4.69, 9.17) is 22.1 Å². The zero-order chi connectivity index (χ0) is 31.1. The third-order valence-electron chi connectivity index (χ3n) is 8.31. The van der Waals surface area contributed by atoms with Gasteiger partial charge in [-0.25, -0.2) is 8.78 Å². The van der Waals surface area contributed by atoms with E-state index < -0.39 is 47.4 Å². The molecule has 0 amide bonds. The van der Waals surface area contributed by atoms with Gasteiger partial charge in [0.15, 0.2) is 11.6 Å². The Morgan fingerprint density at radius 1 is 1.16 bits per heavy atom. The fraction of sp³-hybridized carbons (Fsp3) is 0.414. The number of aliphatic carboxylic acids is 1. The van der Waals surface area contributed by atoms with Crippen molar-refractivity contribution in [3.05, 3.63) is 64.7 Å². The second-order valence-electron chi connectivity index (χ2n) is 10.9. The molecular weight excluding hydrogens is 597 g/mol. The summed E-state index contributed by atoms with van der Waals surface area (Å²) in [5.74, 6) is -3.75. The molecule has 0 aliphatic carbocycles. The molecule has 5 rings (SSSR count). The van der Waals surface area contributed by atoms with Crippen LogP contribution in [0.25, 0.3) is 11.1 Å². The molecule has 8 nitrogen and oxygen atoms in total. The van der Waals surface area contributed by atoms with Crippen molar-refractivity contribution in [2.75, 3.05) is 23.7 Å². The number of aromatic nitrogens is 2. The topological polar surface area (TPSA) is 114 Å². The van der Waals surface area contributed by atoms with Crippen LogP contribution in [-0.4, -0.2) is 52.4 Å². The predicted octanol–water partition coefficient (Wildman–Crippen LogP) is 6.15. The Labute approximate surface area is 249 Å². The van der Waals surface area contributed by atoms with Gasteiger partial charge in [-0.05, 0) is 66.5 Å². The van der Waals surface area contributed by atoms with Gasteiger partial charge in [-0.1, -0.05) is 30.7 Å². The number of anilines is 2. The van der Waals surface area contributed by atoms with Crippen LogP contribution in [0.2, 0.25) is 5.02 Å². The Morgan fingerprint density at radius 2 is 1.88 bits per heavy atom. The maximum Gasteiger partial charge on any atom is 0.429 e. The quantitative estimate of drug-likeness (QED) is 0.268. The van der Waals surface area contributed by atoms with E-state index >= 15 is 0 Å². The number of benzene rings is 2. The highest BCUT2D eigenvalue weighted by Crippen LogP contribution is 2.46. The van der Waals surface area contributed by atoms with Crippen LogP contribution in [0.1, 0.15) is 44.3 Å². The zero-order valence-electron chi connectivity index (χ0n) is 23.0. The van der Waals surface area contributed by atoms with Gasteiger partial charge in [-0.2, -0.15) is 23.1 Å². The van der Waals surface area contributed by atoms with Gasteiger partial charge in [-0.3, -0.25) is 4.79 Å². The van der Waals surface area contributed by atoms with E-state index in [2.05, 4.69) is 15.3 Å². The lowest BCUT2D eigenvalue weighted by Crippen LogP contribution is -2.46. The van der Waals surface area contributed by atoms with Crippen molar-refractivity contribution in [3.63, 3.8) is 0 Å². The van der Waals surface area contributed by atoms with Crippen LogP contribution in [0.4, 0.5) is 33.7 Å². The van der Waals surface area contributed by atoms with Crippen LogP contribution in [0.5, 0.6) is 5.88 Å². The molecule has 0 saturated carbocycles. The molecular formula is C29H29ClF5N5O3. The minimum absolute atomic E-state index is 0.0285. The monoisotopic (exact) mass is 625 g/mol. The molecule has 3 atom stereocenters. The summed E-state index contributed by atoms with van der Waals surface area (Å²) in [6.07, 6.45) is -4.97. The number of ether oxygens (including phenoxy) is 1. The van der Waals surface area contributed by atoms with E-state index in [1.807, 2.05) is 11.8 Å². The maximum atomic E-state index is 14.5. The van der Waals surface area contributed by atoms with Crippen molar-refractivity contribution >= 4 is 29.3 Å². The fourth-order valence-electron chi connectivity index (χ4n) is 6.22. The average Bonchev–Trinajstić information content (AvgIpc) is 3.31. The van der Waals surface area contributed by atoms with Crippen LogP contribution in [0.3, 0.4) is 0 Å². The lowest BCUT2D eigenvalue weighted by molar-refractivity contribution is -0.198. The number of rotatable bonds is 7. The van der Waals surface area contributed by atoms with E-state index in [1.165, 1.54) is 18.2 Å². The van der Waals surface area contributed by atoms with Gasteiger partial charge in [0, 0.05) is 35.8 Å². The minimum atomic E-state index is -4.95. The van der Waals surface area contributed by atoms with Crippen molar-refractivity contribution in [2.24, 2.45) is 5.41 Å². The Morgan fingerprint density at radius 3 is 2.51 bits per heavy atom. The standard InChI is InChI=1S/C29H29ClF5N5O3/c1-2-22-28(14-21(37-22)26(41)42)7-9-40(10-8-28)23-13-24(39-27(36)38-23)43-25(29(33,34)35)17-5-4-16(30)12-18(17)15-3-6-19(31)20(32)11-15/h3-6,11-13,21-22,25,37H,2,7-10,14H2,1H3,(H,41,42)(H2,36,38,39)/t21?,22?,25-/m1/s1. The van der Waals surface area contributed by atoms with E-state index in [0.29, 0.717) is 32.4 Å². The Hall–Kier alpha value is -3.71. The number of alkyl halides is 3. The molecule has 2 unspecified atom stereocenters. The second-order valence-corrected chi connectivity index (χ2v) is 11.3. The molecule has 3 heterocycles. The Kier molecular flexibility index (Phi) is 8.41. The number of carboxylic acid groups (broad SMARTS) is 1. The number of nitrogens with one attached hydrogen (secondary N) is 1. The number of nitrogen functional groups attached to an aromatic ring is 1. The summed E-state index contributed by atoms with van der Waals surface area (Å²) in [4.78, 5) is 21.6. The van der Waals surface area contributed by atoms with Gasteiger partial charge in [0.05, 0.1) is 0 Å². The molecule has 3 aromatic rings. The van der Waals surface area contributed by atoms with Crippen molar-refractivity contribution in [2.45, 2.75) is 57.0 Å². The number of nitrogens with zero attached hydrogens (tertiary/aromatic N) is 3. The van der Waals surface area contributed by atoms with Gasteiger partial charge >= 0.3 is 12.1 Å². The summed E-state index contributed by atoms with van der Waals surface area (Å²) < 4.78 is 76.5. The lowest BCUT2D eigenvalue weighted by atomic mass is 9.71. The van der Waals surface area contributed by atoms with Crippen LogP contribution >= 0.6 is 11.6 Å². The van der Waals surface area contributed by atoms with Crippen molar-refractivity contribution in [1.29, 1.82) is 0 Å². The summed E-state index contributed by atoms with van der Waals surface area (Å²) in [6, 6.07) is 6.96. The van der Waals surface area contributed by atoms with Gasteiger partial charge in [0.2, 0.25) is 17.9 Å². The summed E-state index contributed by atoms with van der Waals surface area (Å²) in [5.41, 5.74) is 5.14. The van der Waals surface area contributed by atoms with Crippen LogP contribution < -0.4 is 20.7 Å². The normalized spacial score (nSPS) is 20.8. The molecule has 0 radical (unpaired) electrons. The summed E-state index contributed by atoms with van der Waals surface area (Å²) >= 11 is 6.07. The molecule has 2 aliphatic heterocycles. The van der Waals surface area contributed by atoms with Crippen molar-refractivity contribution in [3.8, 4) is 17.0 Å². The number of carboxylic acids is 1. The molecule has 2 aliphatic rings. The molecule has 2 fully saturated rings. The third-order valence-corrected chi connectivity index (χ3v) is 8.55. The number of hydrogen-bond donors (Lipinski definition) is 3. The minimum Gasteiger partial charge on any atom is -0.480 e. The number of carbonyl (C=O) groups is 1. The summed E-state index contributed by atoms with van der Waals surface area (Å²) in [6.45, 7) is 2.95. The summed E-state index contributed by atoms with van der Waals surface area (Å²) in [5, 5.41) is 12.8. The van der Waals surface area contributed by atoms with Gasteiger partial charge < -0.3 is 25.8 Å². The number of nitrogens with two attached hydrogens (primary N) is 1. The molecule has 4 N–H and O–H groups in total. The smallest absolute Gasteiger partial charge is 0.429 e. The first kappa shape index (κ1) is 30.7. The molecule has 43 heavy (non-hydrogen) atoms. The van der Waals surface area contributed by atoms with Gasteiger partial charge in [-0.15, -0.1) is 0 Å². The highest BCUT2D eigenvalue weighted by Gasteiger charge is 2.50. The molecule has 1 spiro atoms. The van der Waals surface area contributed by atoms with E-state index in [1.54, 1.807) is 0 Å². The molecule has 230 valence electrons. The molecule has 14 heteroatoms. The highest BCUT2D eigenvalue weighted by molar-refractivity contribution is 6.30. The third kappa shape index (κ3) is 6.32. The SMILES string of the molecule is CCC1NC(C(=O)O)CC12CCN(c1cc(O[C@H](c3ccc(Cl)cc3-c3ccc(F)c(F)c3)C(F)(F)F)nc(N)n1)CC2. The van der Waals surface area contributed by atoms with Gasteiger partial charge in [0.1, 0.15) is 11.9 Å². The van der Waals surface area contributed by atoms with E-state index in [-0.39, 0.29) is 39.4 Å². The summed E-state index contributed by atoms with van der Waals surface area (Å²) in [7, 11) is 0. The van der Waals surface area contributed by atoms with E-state index in [0.717, 1.165) is 30.7 Å². The number of halogens is 6. The fourth-order valence-corrected chi connectivity index (χ4v) is 6.39. The first-order valence-electron chi connectivity index (χ1n) is 13.7. The molecule has 2 aromatic carbocycles. The van der Waals surface area contributed by atoms with Crippen LogP contribution in [0.15, 0.2) is 42.5 Å². The Balaban J connectivity index is 1.42. The predicted molar refractivity (Wildman–Crippen MR) is 150 cm³/mol. The first-order chi connectivity index (χ1) is 20.3. The first-order valence-corrected chi connectivity index (χ1v) is 14.0. The number of piperidine rings is 1. The van der Waals surface area contributed by atoms with E-state index in [9.17, 15) is 31.9 Å².